The van der Waals surface area contributed by atoms with Gasteiger partial charge in [0, 0.05) is 22.3 Å². The smallest absolute Gasteiger partial charge is 0.160 e. The molecule has 0 fully saturated rings. The number of benzene rings is 3. The minimum Gasteiger partial charge on any atom is -0.497 e. The van der Waals surface area contributed by atoms with E-state index in [4.69, 9.17) is 14.7 Å². The minimum absolute atomic E-state index is 0.738. The average molecular weight is 366 g/mol. The molecule has 0 aliphatic carbocycles. The Kier molecular flexibility index (Phi) is 5.16. The molecule has 3 heteroatoms. The van der Waals surface area contributed by atoms with Crippen LogP contribution in [0.3, 0.4) is 0 Å². The second-order valence-electron chi connectivity index (χ2n) is 6.54. The number of rotatable bonds is 5. The van der Waals surface area contributed by atoms with Gasteiger partial charge >= 0.3 is 0 Å². The third-order valence-electron chi connectivity index (χ3n) is 4.80. The molecule has 0 atom stereocenters. The summed E-state index contributed by atoms with van der Waals surface area (Å²) in [5.41, 5.74) is 6.29. The molecule has 0 amide bonds. The van der Waals surface area contributed by atoms with Crippen molar-refractivity contribution in [3.63, 3.8) is 0 Å². The molecule has 0 aliphatic rings. The van der Waals surface area contributed by atoms with Crippen LogP contribution in [0.2, 0.25) is 0 Å². The van der Waals surface area contributed by atoms with Gasteiger partial charge in [0.15, 0.2) is 5.82 Å². The van der Waals surface area contributed by atoms with Gasteiger partial charge in [0.1, 0.15) is 5.75 Å². The molecule has 0 bridgehead atoms. The summed E-state index contributed by atoms with van der Waals surface area (Å²) in [5.74, 6) is 1.57. The van der Waals surface area contributed by atoms with E-state index in [1.807, 2.05) is 60.7 Å². The Morgan fingerprint density at radius 1 is 0.643 bits per heavy atom. The summed E-state index contributed by atoms with van der Waals surface area (Å²) in [6, 6.07) is 28.5. The number of ether oxygens (including phenoxy) is 1. The molecule has 3 nitrogen and oxygen atoms in total. The Morgan fingerprint density at radius 3 is 1.64 bits per heavy atom. The first-order chi connectivity index (χ1) is 13.8. The fourth-order valence-electron chi connectivity index (χ4n) is 3.36. The van der Waals surface area contributed by atoms with Gasteiger partial charge in [-0.1, -0.05) is 67.6 Å². The van der Waals surface area contributed by atoms with Crippen molar-refractivity contribution in [2.24, 2.45) is 0 Å². The molecule has 28 heavy (non-hydrogen) atoms. The Labute approximate surface area is 165 Å². The van der Waals surface area contributed by atoms with Crippen LogP contribution in [0.1, 0.15) is 12.5 Å². The predicted octanol–water partition coefficient (Wildman–Crippen LogP) is 6.05. The maximum absolute atomic E-state index is 5.31. The van der Waals surface area contributed by atoms with E-state index in [0.717, 1.165) is 51.6 Å². The standard InChI is InChI=1S/C25H22N2O/c1-3-22-23(18-10-6-4-7-11-18)26-25(20-12-8-5-9-13-20)27-24(22)19-14-16-21(28-2)17-15-19/h4-17H,3H2,1-2H3. The fraction of sp³-hybridized carbons (Fsp3) is 0.120. The Morgan fingerprint density at radius 2 is 1.14 bits per heavy atom. The van der Waals surface area contributed by atoms with E-state index in [0.29, 0.717) is 0 Å². The van der Waals surface area contributed by atoms with Crippen molar-refractivity contribution in [3.05, 3.63) is 90.5 Å². The van der Waals surface area contributed by atoms with Gasteiger partial charge < -0.3 is 4.74 Å². The van der Waals surface area contributed by atoms with Crippen LogP contribution in [0.5, 0.6) is 5.75 Å². The molecule has 0 saturated carbocycles. The molecule has 0 radical (unpaired) electrons. The number of hydrogen-bond donors (Lipinski definition) is 0. The highest BCUT2D eigenvalue weighted by atomic mass is 16.5. The summed E-state index contributed by atoms with van der Waals surface area (Å²) in [5, 5.41) is 0. The van der Waals surface area contributed by atoms with E-state index in [2.05, 4.69) is 31.2 Å². The predicted molar refractivity (Wildman–Crippen MR) is 114 cm³/mol. The van der Waals surface area contributed by atoms with E-state index >= 15 is 0 Å². The van der Waals surface area contributed by atoms with Crippen LogP contribution < -0.4 is 4.74 Å². The van der Waals surface area contributed by atoms with Gasteiger partial charge in [-0.2, -0.15) is 0 Å². The lowest BCUT2D eigenvalue weighted by Gasteiger charge is -2.15. The topological polar surface area (TPSA) is 35.0 Å². The largest absolute Gasteiger partial charge is 0.497 e. The molecule has 3 aromatic carbocycles. The highest BCUT2D eigenvalue weighted by Gasteiger charge is 2.17. The lowest BCUT2D eigenvalue weighted by atomic mass is 9.97. The van der Waals surface area contributed by atoms with Crippen LogP contribution in [0.15, 0.2) is 84.9 Å². The third kappa shape index (κ3) is 3.52. The van der Waals surface area contributed by atoms with Gasteiger partial charge in [0.05, 0.1) is 18.5 Å². The minimum atomic E-state index is 0.738. The van der Waals surface area contributed by atoms with Crippen LogP contribution in [0.25, 0.3) is 33.9 Å². The molecule has 0 N–H and O–H groups in total. The maximum atomic E-state index is 5.31. The van der Waals surface area contributed by atoms with Gasteiger partial charge in [-0.05, 0) is 30.7 Å². The Hall–Kier alpha value is -3.46. The number of aromatic nitrogens is 2. The van der Waals surface area contributed by atoms with Gasteiger partial charge in [-0.3, -0.25) is 0 Å². The molecule has 0 unspecified atom stereocenters. The molecule has 1 heterocycles. The molecular weight excluding hydrogens is 344 g/mol. The lowest BCUT2D eigenvalue weighted by Crippen LogP contribution is -2.02. The van der Waals surface area contributed by atoms with Crippen LogP contribution >= 0.6 is 0 Å². The van der Waals surface area contributed by atoms with Gasteiger partial charge in [-0.25, -0.2) is 9.97 Å². The van der Waals surface area contributed by atoms with E-state index < -0.39 is 0 Å². The van der Waals surface area contributed by atoms with Crippen molar-refractivity contribution < 1.29 is 4.74 Å². The van der Waals surface area contributed by atoms with Crippen molar-refractivity contribution >= 4 is 0 Å². The first-order valence-electron chi connectivity index (χ1n) is 9.46. The summed E-state index contributed by atoms with van der Waals surface area (Å²) < 4.78 is 5.31. The van der Waals surface area contributed by atoms with Gasteiger partial charge in [-0.15, -0.1) is 0 Å². The molecule has 4 rings (SSSR count). The maximum Gasteiger partial charge on any atom is 0.160 e. The summed E-state index contributed by atoms with van der Waals surface area (Å²) in [7, 11) is 1.68. The second-order valence-corrected chi connectivity index (χ2v) is 6.54. The summed E-state index contributed by atoms with van der Waals surface area (Å²) >= 11 is 0. The summed E-state index contributed by atoms with van der Waals surface area (Å²) in [4.78, 5) is 9.94. The summed E-state index contributed by atoms with van der Waals surface area (Å²) in [6.07, 6.45) is 0.848. The Bertz CT molecular complexity index is 1060. The molecule has 0 saturated heterocycles. The highest BCUT2D eigenvalue weighted by molar-refractivity contribution is 5.76. The van der Waals surface area contributed by atoms with Crippen molar-refractivity contribution in [1.82, 2.24) is 9.97 Å². The van der Waals surface area contributed by atoms with Crippen molar-refractivity contribution in [3.8, 4) is 39.7 Å². The highest BCUT2D eigenvalue weighted by Crippen LogP contribution is 2.33. The van der Waals surface area contributed by atoms with E-state index in [1.54, 1.807) is 7.11 Å². The zero-order valence-corrected chi connectivity index (χ0v) is 16.1. The van der Waals surface area contributed by atoms with Crippen LogP contribution in [-0.4, -0.2) is 17.1 Å². The lowest BCUT2D eigenvalue weighted by molar-refractivity contribution is 0.415. The molecule has 1 aromatic heterocycles. The zero-order chi connectivity index (χ0) is 19.3. The quantitative estimate of drug-likeness (QED) is 0.431. The third-order valence-corrected chi connectivity index (χ3v) is 4.80. The number of nitrogens with zero attached hydrogens (tertiary/aromatic N) is 2. The van der Waals surface area contributed by atoms with Crippen LogP contribution in [-0.2, 0) is 6.42 Å². The first kappa shape index (κ1) is 17.9. The molecule has 0 aliphatic heterocycles. The second kappa shape index (κ2) is 8.05. The fourth-order valence-corrected chi connectivity index (χ4v) is 3.36. The summed E-state index contributed by atoms with van der Waals surface area (Å²) in [6.45, 7) is 2.15. The first-order valence-corrected chi connectivity index (χ1v) is 9.46. The molecule has 0 spiro atoms. The van der Waals surface area contributed by atoms with Crippen LogP contribution in [0.4, 0.5) is 0 Å². The monoisotopic (exact) mass is 366 g/mol. The van der Waals surface area contributed by atoms with E-state index in [1.165, 1.54) is 0 Å². The van der Waals surface area contributed by atoms with Crippen molar-refractivity contribution in [2.75, 3.05) is 7.11 Å². The molecular formula is C25H22N2O. The van der Waals surface area contributed by atoms with Gasteiger partial charge in [0.2, 0.25) is 0 Å². The van der Waals surface area contributed by atoms with Crippen LogP contribution in [0, 0.1) is 0 Å². The van der Waals surface area contributed by atoms with E-state index in [-0.39, 0.29) is 0 Å². The van der Waals surface area contributed by atoms with Gasteiger partial charge in [0.25, 0.3) is 0 Å². The molecule has 4 aromatic rings. The van der Waals surface area contributed by atoms with Crippen molar-refractivity contribution in [1.29, 1.82) is 0 Å². The SMILES string of the molecule is CCc1c(-c2ccccc2)nc(-c2ccccc2)nc1-c1ccc(OC)cc1. The zero-order valence-electron chi connectivity index (χ0n) is 16.1. The number of hydrogen-bond acceptors (Lipinski definition) is 3. The average Bonchev–Trinajstić information content (AvgIpc) is 2.79. The molecule has 138 valence electrons. The number of methoxy groups -OCH3 is 1. The Balaban J connectivity index is 1.97. The van der Waals surface area contributed by atoms with Crippen molar-refractivity contribution in [2.45, 2.75) is 13.3 Å². The van der Waals surface area contributed by atoms with E-state index in [9.17, 15) is 0 Å². The normalized spacial score (nSPS) is 10.6.